The third kappa shape index (κ3) is 1.63. The first-order valence-corrected chi connectivity index (χ1v) is 8.48. The summed E-state index contributed by atoms with van der Waals surface area (Å²) < 4.78 is 16.7. The molecule has 2 aliphatic heterocycles. The second-order valence-electron chi connectivity index (χ2n) is 7.80. The van der Waals surface area contributed by atoms with Crippen molar-refractivity contribution in [3.05, 3.63) is 11.3 Å². The number of ether oxygens (including phenoxy) is 3. The Kier molecular flexibility index (Phi) is 3.55. The summed E-state index contributed by atoms with van der Waals surface area (Å²) in [5.41, 5.74) is -4.30. The second-order valence-corrected chi connectivity index (χ2v) is 7.80. The minimum atomic E-state index is -1.75. The van der Waals surface area contributed by atoms with Crippen LogP contribution in [-0.4, -0.2) is 81.5 Å². The molecule has 2 bridgehead atoms. The van der Waals surface area contributed by atoms with Crippen molar-refractivity contribution >= 4 is 11.8 Å². The number of ketones is 1. The van der Waals surface area contributed by atoms with Crippen molar-refractivity contribution in [1.82, 2.24) is 0 Å². The molecule has 4 rings (SSSR count). The summed E-state index contributed by atoms with van der Waals surface area (Å²) in [5, 5.41) is 42.6. The normalized spacial score (nSPS) is 52.3. The topological polar surface area (TPSA) is 146 Å². The Morgan fingerprint density at radius 1 is 1.35 bits per heavy atom. The van der Waals surface area contributed by atoms with Crippen LogP contribution in [0.1, 0.15) is 20.8 Å². The highest BCUT2D eigenvalue weighted by atomic mass is 16.7. The molecule has 2 aliphatic carbocycles. The number of aliphatic hydroxyl groups is 4. The van der Waals surface area contributed by atoms with Crippen molar-refractivity contribution in [2.45, 2.75) is 56.9 Å². The number of esters is 1. The fourth-order valence-corrected chi connectivity index (χ4v) is 5.37. The molecule has 0 unspecified atom stereocenters. The molecule has 3 fully saturated rings. The van der Waals surface area contributed by atoms with E-state index in [0.29, 0.717) is 0 Å². The van der Waals surface area contributed by atoms with Gasteiger partial charge in [0.05, 0.1) is 24.7 Å². The maximum atomic E-state index is 12.7. The van der Waals surface area contributed by atoms with Gasteiger partial charge < -0.3 is 34.6 Å². The Bertz CT molecular complexity index is 726. The predicted octanol–water partition coefficient (Wildman–Crippen LogP) is -1.98. The monoisotopic (exact) mass is 370 g/mol. The average Bonchev–Trinajstić information content (AvgIpc) is 3.38. The van der Waals surface area contributed by atoms with Gasteiger partial charge in [-0.25, -0.2) is 0 Å². The Hall–Kier alpha value is -1.36. The predicted molar refractivity (Wildman–Crippen MR) is 82.5 cm³/mol. The number of hydrogen-bond donors (Lipinski definition) is 4. The van der Waals surface area contributed by atoms with Gasteiger partial charge in [-0.05, 0) is 6.92 Å². The smallest absolute Gasteiger partial charge is 0.307 e. The maximum Gasteiger partial charge on any atom is 0.307 e. The fraction of sp³-hybridized carbons (Fsp3) is 0.765. The van der Waals surface area contributed by atoms with E-state index in [2.05, 4.69) is 0 Å². The number of fused-ring (bicyclic) bond motifs is 2. The molecule has 9 nitrogen and oxygen atoms in total. The zero-order valence-electron chi connectivity index (χ0n) is 14.6. The molecule has 0 aromatic carbocycles. The summed E-state index contributed by atoms with van der Waals surface area (Å²) in [5.74, 6) is -1.55. The first-order valence-electron chi connectivity index (χ1n) is 8.48. The van der Waals surface area contributed by atoms with Crippen molar-refractivity contribution in [2.24, 2.45) is 10.8 Å². The molecule has 1 saturated carbocycles. The molecule has 2 saturated heterocycles. The average molecular weight is 370 g/mol. The van der Waals surface area contributed by atoms with E-state index >= 15 is 0 Å². The standard InChI is InChI=1S/C17H22O9/c1-6-8(20)12(23)16(4-18)14(10(6)25-7(2)19)26-13-9(21)11(22)15(16,3)17(13)5-24-17/h9,11-14,18,21-23H,4-5H2,1-3H3/t9-,11-,12-,13-,14-,15-,16+,17-/m1/s1. The van der Waals surface area contributed by atoms with Crippen LogP contribution in [0.5, 0.6) is 0 Å². The molecular weight excluding hydrogens is 348 g/mol. The molecule has 4 aliphatic rings. The number of rotatable bonds is 2. The van der Waals surface area contributed by atoms with Gasteiger partial charge in [0.1, 0.15) is 35.8 Å². The van der Waals surface area contributed by atoms with Crippen molar-refractivity contribution in [3.8, 4) is 0 Å². The quantitative estimate of drug-likeness (QED) is 0.321. The summed E-state index contributed by atoms with van der Waals surface area (Å²) in [6, 6.07) is 0. The molecule has 0 radical (unpaired) electrons. The molecule has 2 heterocycles. The van der Waals surface area contributed by atoms with E-state index in [9.17, 15) is 30.0 Å². The van der Waals surface area contributed by atoms with Gasteiger partial charge in [0.15, 0.2) is 5.78 Å². The van der Waals surface area contributed by atoms with Crippen molar-refractivity contribution in [3.63, 3.8) is 0 Å². The third-order valence-corrected chi connectivity index (χ3v) is 6.97. The third-order valence-electron chi connectivity index (χ3n) is 6.97. The van der Waals surface area contributed by atoms with E-state index in [0.717, 1.165) is 6.92 Å². The van der Waals surface area contributed by atoms with Gasteiger partial charge in [-0.1, -0.05) is 6.92 Å². The van der Waals surface area contributed by atoms with E-state index in [-0.39, 0.29) is 17.9 Å². The maximum absolute atomic E-state index is 12.7. The number of Topliss-reactive ketones (excluding diaryl/α,β-unsaturated/α-hetero) is 1. The molecule has 26 heavy (non-hydrogen) atoms. The molecule has 8 atom stereocenters. The van der Waals surface area contributed by atoms with Crippen LogP contribution in [0.3, 0.4) is 0 Å². The largest absolute Gasteiger partial charge is 0.428 e. The number of hydrogen-bond acceptors (Lipinski definition) is 9. The highest BCUT2D eigenvalue weighted by Crippen LogP contribution is 2.71. The van der Waals surface area contributed by atoms with Crippen LogP contribution in [0, 0.1) is 10.8 Å². The zero-order valence-corrected chi connectivity index (χ0v) is 14.6. The fourth-order valence-electron chi connectivity index (χ4n) is 5.37. The summed E-state index contributed by atoms with van der Waals surface area (Å²) in [6.45, 7) is 3.50. The van der Waals surface area contributed by atoms with Gasteiger partial charge in [-0.15, -0.1) is 0 Å². The summed E-state index contributed by atoms with van der Waals surface area (Å²) in [6.07, 6.45) is -6.67. The number of aliphatic hydroxyl groups excluding tert-OH is 4. The summed E-state index contributed by atoms with van der Waals surface area (Å²) in [7, 11) is 0. The van der Waals surface area contributed by atoms with Crippen LogP contribution < -0.4 is 0 Å². The van der Waals surface area contributed by atoms with E-state index in [1.807, 2.05) is 0 Å². The Morgan fingerprint density at radius 3 is 2.46 bits per heavy atom. The van der Waals surface area contributed by atoms with Crippen LogP contribution in [0.15, 0.2) is 11.3 Å². The van der Waals surface area contributed by atoms with Crippen LogP contribution in [0.4, 0.5) is 0 Å². The second kappa shape index (κ2) is 5.12. The van der Waals surface area contributed by atoms with Crippen molar-refractivity contribution < 1.29 is 44.2 Å². The molecule has 0 aromatic heterocycles. The highest BCUT2D eigenvalue weighted by Gasteiger charge is 2.87. The van der Waals surface area contributed by atoms with Gasteiger partial charge >= 0.3 is 5.97 Å². The first-order chi connectivity index (χ1) is 12.1. The minimum Gasteiger partial charge on any atom is -0.428 e. The highest BCUT2D eigenvalue weighted by molar-refractivity contribution is 6.01. The molecule has 9 heteroatoms. The van der Waals surface area contributed by atoms with Crippen molar-refractivity contribution in [2.75, 3.05) is 13.2 Å². The summed E-state index contributed by atoms with van der Waals surface area (Å²) >= 11 is 0. The SMILES string of the molecule is CC(=O)OC1=C(C)C(=O)[C@@H](O)[C@@]2(CO)[C@@H]1O[C@@H]1[C@H](O)[C@@H](O)[C@@]2(C)[C@@]12CO2. The lowest BCUT2D eigenvalue weighted by Crippen LogP contribution is -2.73. The Balaban J connectivity index is 1.98. The van der Waals surface area contributed by atoms with Crippen LogP contribution in [0.25, 0.3) is 0 Å². The lowest BCUT2D eigenvalue weighted by molar-refractivity contribution is -0.264. The van der Waals surface area contributed by atoms with Crippen LogP contribution >= 0.6 is 0 Å². The molecule has 4 N–H and O–H groups in total. The van der Waals surface area contributed by atoms with Crippen LogP contribution in [0.2, 0.25) is 0 Å². The number of epoxide rings is 1. The molecule has 1 spiro atoms. The minimum absolute atomic E-state index is 0.00131. The molecule has 0 aromatic rings. The number of carbonyl (C=O) groups is 2. The molecule has 0 amide bonds. The Morgan fingerprint density at radius 2 is 1.96 bits per heavy atom. The zero-order chi connectivity index (χ0) is 19.2. The van der Waals surface area contributed by atoms with Gasteiger partial charge in [0.25, 0.3) is 0 Å². The first kappa shape index (κ1) is 18.0. The number of carbonyl (C=O) groups excluding carboxylic acids is 2. The lowest BCUT2D eigenvalue weighted by atomic mass is 9.49. The van der Waals surface area contributed by atoms with E-state index in [1.54, 1.807) is 6.92 Å². The van der Waals surface area contributed by atoms with E-state index in [1.165, 1.54) is 6.92 Å². The van der Waals surface area contributed by atoms with Gasteiger partial charge in [0, 0.05) is 17.9 Å². The van der Waals surface area contributed by atoms with Crippen LogP contribution in [-0.2, 0) is 23.8 Å². The molecule has 144 valence electrons. The van der Waals surface area contributed by atoms with Gasteiger partial charge in [0.2, 0.25) is 0 Å². The van der Waals surface area contributed by atoms with E-state index < -0.39 is 65.3 Å². The Labute approximate surface area is 149 Å². The summed E-state index contributed by atoms with van der Waals surface area (Å²) in [4.78, 5) is 24.3. The van der Waals surface area contributed by atoms with Gasteiger partial charge in [-0.3, -0.25) is 9.59 Å². The lowest BCUT2D eigenvalue weighted by Gasteiger charge is -2.59. The molecular formula is C17H22O9. The van der Waals surface area contributed by atoms with E-state index in [4.69, 9.17) is 14.2 Å². The van der Waals surface area contributed by atoms with Gasteiger partial charge in [-0.2, -0.15) is 0 Å². The van der Waals surface area contributed by atoms with Crippen molar-refractivity contribution in [1.29, 1.82) is 0 Å².